The van der Waals surface area contributed by atoms with E-state index < -0.39 is 66.2 Å². The Morgan fingerprint density at radius 1 is 1.20 bits per heavy atom. The van der Waals surface area contributed by atoms with Crippen molar-refractivity contribution in [3.05, 3.63) is 12.2 Å². The van der Waals surface area contributed by atoms with Gasteiger partial charge in [-0.2, -0.15) is 0 Å². The van der Waals surface area contributed by atoms with Gasteiger partial charge in [0.15, 0.2) is 12.7 Å². The number of esters is 2. The molecule has 0 aromatic heterocycles. The second kappa shape index (κ2) is 7.38. The number of thiol groups is 1. The number of carbonyl (C=O) groups is 2. The molecule has 0 spiro atoms. The Morgan fingerprint density at radius 2 is 1.76 bits per heavy atom. The molecule has 4 unspecified atom stereocenters. The first kappa shape index (κ1) is 19.8. The van der Waals surface area contributed by atoms with Crippen molar-refractivity contribution in [3.8, 4) is 0 Å². The van der Waals surface area contributed by atoms with Gasteiger partial charge in [-0.15, -0.1) is 0 Å². The van der Waals surface area contributed by atoms with Gasteiger partial charge in [-0.25, -0.2) is 18.0 Å². The van der Waals surface area contributed by atoms with E-state index in [-0.39, 0.29) is 18.4 Å². The van der Waals surface area contributed by atoms with Crippen LogP contribution in [0, 0.1) is 0 Å². The highest BCUT2D eigenvalue weighted by atomic mass is 32.2. The van der Waals surface area contributed by atoms with Crippen molar-refractivity contribution in [3.63, 3.8) is 0 Å². The van der Waals surface area contributed by atoms with E-state index >= 15 is 0 Å². The van der Waals surface area contributed by atoms with Gasteiger partial charge >= 0.3 is 11.9 Å². The highest BCUT2D eigenvalue weighted by Gasteiger charge is 2.70. The Kier molecular flexibility index (Phi) is 5.84. The lowest BCUT2D eigenvalue weighted by molar-refractivity contribution is -0.173. The standard InChI is InChI=1S/C14H20O10S/c1-8(2)12(18)21-5-9(17)22-10-11(23-25(19)20)14(7-16)4-3-13(10,6-15)24-14/h10-11,15-16,25H,1,3-7H2,2H3. The Labute approximate surface area is 145 Å². The van der Waals surface area contributed by atoms with Crippen LogP contribution in [0.4, 0.5) is 0 Å². The molecule has 2 N–H and O–H groups in total. The van der Waals surface area contributed by atoms with E-state index in [1.165, 1.54) is 6.92 Å². The van der Waals surface area contributed by atoms with Gasteiger partial charge in [-0.05, 0) is 19.8 Å². The van der Waals surface area contributed by atoms with E-state index in [0.29, 0.717) is 0 Å². The van der Waals surface area contributed by atoms with E-state index in [1.807, 2.05) is 0 Å². The van der Waals surface area contributed by atoms with Gasteiger partial charge in [0.1, 0.15) is 17.3 Å². The smallest absolute Gasteiger partial charge is 0.344 e. The summed E-state index contributed by atoms with van der Waals surface area (Å²) in [7, 11) is -3.33. The van der Waals surface area contributed by atoms with E-state index in [1.54, 1.807) is 0 Å². The molecule has 142 valence electrons. The van der Waals surface area contributed by atoms with Crippen molar-refractivity contribution < 1.29 is 46.6 Å². The molecule has 11 heteroatoms. The number of fused-ring (bicyclic) bond motifs is 2. The number of aliphatic hydroxyl groups is 2. The van der Waals surface area contributed by atoms with Crippen molar-refractivity contribution in [2.75, 3.05) is 19.8 Å². The van der Waals surface area contributed by atoms with Crippen molar-refractivity contribution >= 4 is 22.9 Å². The average molecular weight is 380 g/mol. The lowest BCUT2D eigenvalue weighted by atomic mass is 9.78. The molecular weight excluding hydrogens is 360 g/mol. The van der Waals surface area contributed by atoms with Gasteiger partial charge in [0.2, 0.25) is 0 Å². The van der Waals surface area contributed by atoms with Crippen LogP contribution in [0.15, 0.2) is 12.2 Å². The van der Waals surface area contributed by atoms with Crippen LogP contribution in [-0.2, 0) is 39.0 Å². The monoisotopic (exact) mass is 380 g/mol. The van der Waals surface area contributed by atoms with Crippen LogP contribution in [0.5, 0.6) is 0 Å². The fourth-order valence-electron chi connectivity index (χ4n) is 3.12. The summed E-state index contributed by atoms with van der Waals surface area (Å²) in [5.41, 5.74) is -2.71. The molecule has 2 rings (SSSR count). The summed E-state index contributed by atoms with van der Waals surface area (Å²) in [6.07, 6.45) is -2.16. The highest BCUT2D eigenvalue weighted by molar-refractivity contribution is 7.67. The van der Waals surface area contributed by atoms with Gasteiger partial charge in [0.25, 0.3) is 11.0 Å². The van der Waals surface area contributed by atoms with E-state index in [4.69, 9.17) is 13.7 Å². The van der Waals surface area contributed by atoms with Crippen molar-refractivity contribution in [2.45, 2.75) is 43.2 Å². The van der Waals surface area contributed by atoms with Gasteiger partial charge < -0.3 is 24.4 Å². The number of hydrogen-bond donors (Lipinski definition) is 3. The molecule has 2 fully saturated rings. The molecule has 0 amide bonds. The molecule has 2 bridgehead atoms. The maximum Gasteiger partial charge on any atom is 0.344 e. The number of hydrogen-bond acceptors (Lipinski definition) is 10. The first-order chi connectivity index (χ1) is 11.7. The molecule has 25 heavy (non-hydrogen) atoms. The zero-order valence-corrected chi connectivity index (χ0v) is 14.4. The first-order valence-corrected chi connectivity index (χ1v) is 8.54. The first-order valence-electron chi connectivity index (χ1n) is 7.45. The topological polar surface area (TPSA) is 146 Å². The summed E-state index contributed by atoms with van der Waals surface area (Å²) < 4.78 is 42.3. The normalized spacial score (nSPS) is 33.4. The van der Waals surface area contributed by atoms with E-state index in [0.717, 1.165) is 0 Å². The molecule has 2 aliphatic heterocycles. The Morgan fingerprint density at radius 3 is 2.24 bits per heavy atom. The SMILES string of the molecule is C=C(C)C(=O)OCC(=O)OC1C(O[SH](=O)=O)C2(CO)CCC1(CO)O2. The molecule has 4 atom stereocenters. The minimum Gasteiger partial charge on any atom is -0.454 e. The largest absolute Gasteiger partial charge is 0.454 e. The van der Waals surface area contributed by atoms with Crippen LogP contribution in [-0.4, -0.2) is 73.8 Å². The average Bonchev–Trinajstić information content (AvgIpc) is 3.06. The fraction of sp³-hybridized carbons (Fsp3) is 0.714. The summed E-state index contributed by atoms with van der Waals surface area (Å²) in [5.74, 6) is -1.77. The van der Waals surface area contributed by atoms with Crippen LogP contribution in [0.1, 0.15) is 19.8 Å². The minimum atomic E-state index is -3.33. The third-order valence-electron chi connectivity index (χ3n) is 4.35. The fourth-order valence-corrected chi connectivity index (χ4v) is 3.61. The predicted molar refractivity (Wildman–Crippen MR) is 80.8 cm³/mol. The quantitative estimate of drug-likeness (QED) is 0.251. The number of rotatable bonds is 8. The Balaban J connectivity index is 2.16. The van der Waals surface area contributed by atoms with Crippen molar-refractivity contribution in [2.24, 2.45) is 0 Å². The molecule has 0 aromatic rings. The molecular formula is C14H20O10S. The van der Waals surface area contributed by atoms with E-state index in [2.05, 4.69) is 11.3 Å². The lowest BCUT2D eigenvalue weighted by Crippen LogP contribution is -2.55. The predicted octanol–water partition coefficient (Wildman–Crippen LogP) is -1.78. The zero-order chi connectivity index (χ0) is 18.8. The third kappa shape index (κ3) is 3.70. The van der Waals surface area contributed by atoms with Crippen LogP contribution in [0.3, 0.4) is 0 Å². The van der Waals surface area contributed by atoms with Crippen LogP contribution in [0.2, 0.25) is 0 Å². The maximum absolute atomic E-state index is 11.9. The van der Waals surface area contributed by atoms with Crippen LogP contribution < -0.4 is 0 Å². The minimum absolute atomic E-state index is 0.0895. The Bertz CT molecular complexity index is 636. The Hall–Kier alpha value is -1.53. The van der Waals surface area contributed by atoms with Crippen molar-refractivity contribution in [1.29, 1.82) is 0 Å². The molecule has 10 nitrogen and oxygen atoms in total. The second-order valence-electron chi connectivity index (χ2n) is 6.06. The van der Waals surface area contributed by atoms with E-state index in [9.17, 15) is 28.2 Å². The van der Waals surface area contributed by atoms with Gasteiger partial charge in [-0.3, -0.25) is 4.18 Å². The third-order valence-corrected chi connectivity index (χ3v) is 4.75. The maximum atomic E-state index is 11.9. The second-order valence-corrected chi connectivity index (χ2v) is 6.72. The summed E-state index contributed by atoms with van der Waals surface area (Å²) >= 11 is 0. The number of aliphatic hydroxyl groups excluding tert-OH is 2. The van der Waals surface area contributed by atoms with Crippen molar-refractivity contribution in [1.82, 2.24) is 0 Å². The highest BCUT2D eigenvalue weighted by Crippen LogP contribution is 2.53. The molecule has 2 saturated heterocycles. The number of ether oxygens (including phenoxy) is 3. The van der Waals surface area contributed by atoms with Gasteiger partial charge in [0.05, 0.1) is 13.2 Å². The van der Waals surface area contributed by atoms with Gasteiger partial charge in [-0.1, -0.05) is 6.58 Å². The molecule has 2 heterocycles. The number of carbonyl (C=O) groups excluding carboxylic acids is 2. The summed E-state index contributed by atoms with van der Waals surface area (Å²) in [5, 5.41) is 19.3. The molecule has 0 radical (unpaired) electrons. The summed E-state index contributed by atoms with van der Waals surface area (Å²) in [4.78, 5) is 23.3. The molecule has 0 saturated carbocycles. The summed E-state index contributed by atoms with van der Waals surface area (Å²) in [6.45, 7) is 2.87. The van der Waals surface area contributed by atoms with Gasteiger partial charge in [0, 0.05) is 5.57 Å². The summed E-state index contributed by atoms with van der Waals surface area (Å²) in [6, 6.07) is 0. The molecule has 2 aliphatic rings. The molecule has 0 aliphatic carbocycles. The lowest BCUT2D eigenvalue weighted by Gasteiger charge is -2.35. The van der Waals surface area contributed by atoms with Crippen LogP contribution in [0.25, 0.3) is 0 Å². The van der Waals surface area contributed by atoms with Crippen LogP contribution >= 0.6 is 0 Å². The molecule has 0 aromatic carbocycles. The zero-order valence-electron chi connectivity index (χ0n) is 13.5.